The molecule has 0 unspecified atom stereocenters. The molecule has 4 rings (SSSR count). The Morgan fingerprint density at radius 2 is 1.46 bits per heavy atom. The molecular weight excluding hydrogens is 512 g/mol. The molecule has 35 heavy (non-hydrogen) atoms. The number of nitriles is 1. The van der Waals surface area contributed by atoms with Gasteiger partial charge in [0.2, 0.25) is 5.88 Å². The van der Waals surface area contributed by atoms with Crippen molar-refractivity contribution in [2.45, 2.75) is 0 Å². The van der Waals surface area contributed by atoms with Gasteiger partial charge < -0.3 is 23.7 Å². The average molecular weight is 533 g/mol. The summed E-state index contributed by atoms with van der Waals surface area (Å²) in [5.41, 5.74) is 2.78. The van der Waals surface area contributed by atoms with Crippen LogP contribution in [0.15, 0.2) is 74.5 Å². The molecule has 176 valence electrons. The molecule has 0 saturated carbocycles. The quantitative estimate of drug-likeness (QED) is 0.265. The number of furan rings is 1. The minimum atomic E-state index is -0.00892. The van der Waals surface area contributed by atoms with Crippen molar-refractivity contribution in [1.29, 1.82) is 5.26 Å². The van der Waals surface area contributed by atoms with Crippen LogP contribution in [0.1, 0.15) is 11.1 Å². The predicted molar refractivity (Wildman–Crippen MR) is 137 cm³/mol. The zero-order chi connectivity index (χ0) is 24.9. The zero-order valence-corrected chi connectivity index (χ0v) is 20.8. The Kier molecular flexibility index (Phi) is 7.09. The number of nitrogens with zero attached hydrogens (tertiary/aromatic N) is 2. The second-order valence-corrected chi connectivity index (χ2v) is 8.21. The number of phenols is 1. The van der Waals surface area contributed by atoms with E-state index < -0.39 is 0 Å². The first kappa shape index (κ1) is 23.9. The molecule has 1 N–H and O–H groups in total. The standard InChI is InChI=1S/C27H21BrN2O5/c1-32-19-8-4-16(5-9-19)24-22(14-29)27(35-26(24)17-6-10-20(33-2)11-7-17)30-15-18-12-21(34-3)13-23(28)25(18)31/h4-13,15,31H,1-3H3. The van der Waals surface area contributed by atoms with E-state index in [0.29, 0.717) is 38.6 Å². The average Bonchev–Trinajstić information content (AvgIpc) is 3.27. The van der Waals surface area contributed by atoms with E-state index in [1.54, 1.807) is 26.4 Å². The van der Waals surface area contributed by atoms with Gasteiger partial charge in [0.15, 0.2) is 0 Å². The fourth-order valence-electron chi connectivity index (χ4n) is 3.53. The Bertz CT molecular complexity index is 1420. The maximum Gasteiger partial charge on any atom is 0.238 e. The van der Waals surface area contributed by atoms with Crippen LogP contribution in [0, 0.1) is 11.3 Å². The van der Waals surface area contributed by atoms with Crippen molar-refractivity contribution >= 4 is 28.0 Å². The SMILES string of the molecule is COc1ccc(-c2oc(N=Cc3cc(OC)cc(Br)c3O)c(C#N)c2-c2ccc(OC)cc2)cc1. The zero-order valence-electron chi connectivity index (χ0n) is 19.2. The molecular formula is C27H21BrN2O5. The fraction of sp³-hybridized carbons (Fsp3) is 0.111. The van der Waals surface area contributed by atoms with E-state index in [0.717, 1.165) is 11.1 Å². The fourth-order valence-corrected chi connectivity index (χ4v) is 3.99. The summed E-state index contributed by atoms with van der Waals surface area (Å²) in [6.07, 6.45) is 1.43. The maximum absolute atomic E-state index is 10.4. The number of hydrogen-bond donors (Lipinski definition) is 1. The number of aromatic hydroxyl groups is 1. The van der Waals surface area contributed by atoms with Crippen LogP contribution in [-0.2, 0) is 0 Å². The largest absolute Gasteiger partial charge is 0.506 e. The van der Waals surface area contributed by atoms with Gasteiger partial charge in [0.25, 0.3) is 0 Å². The Morgan fingerprint density at radius 3 is 2.00 bits per heavy atom. The summed E-state index contributed by atoms with van der Waals surface area (Å²) in [5, 5.41) is 20.5. The summed E-state index contributed by atoms with van der Waals surface area (Å²) in [5.74, 6) is 2.52. The van der Waals surface area contributed by atoms with Gasteiger partial charge in [-0.3, -0.25) is 0 Å². The van der Waals surface area contributed by atoms with Gasteiger partial charge in [-0.1, -0.05) is 12.1 Å². The third-order valence-corrected chi connectivity index (χ3v) is 5.96. The predicted octanol–water partition coefficient (Wildman–Crippen LogP) is 6.73. The number of rotatable bonds is 7. The summed E-state index contributed by atoms with van der Waals surface area (Å²) in [6, 6.07) is 20.2. The summed E-state index contributed by atoms with van der Waals surface area (Å²) in [7, 11) is 4.72. The second kappa shape index (κ2) is 10.4. The Morgan fingerprint density at radius 1 is 0.886 bits per heavy atom. The van der Waals surface area contributed by atoms with E-state index in [1.807, 2.05) is 48.5 Å². The maximum atomic E-state index is 10.4. The molecule has 0 aliphatic heterocycles. The first-order chi connectivity index (χ1) is 17.0. The van der Waals surface area contributed by atoms with Gasteiger partial charge in [-0.05, 0) is 70.0 Å². The molecule has 0 spiro atoms. The van der Waals surface area contributed by atoms with Crippen molar-refractivity contribution in [3.05, 3.63) is 76.3 Å². The number of benzene rings is 3. The first-order valence-corrected chi connectivity index (χ1v) is 11.2. The molecule has 0 aliphatic carbocycles. The lowest BCUT2D eigenvalue weighted by molar-refractivity contribution is 0.411. The lowest BCUT2D eigenvalue weighted by Gasteiger charge is -2.06. The molecule has 0 bridgehead atoms. The minimum Gasteiger partial charge on any atom is -0.506 e. The van der Waals surface area contributed by atoms with Crippen molar-refractivity contribution in [1.82, 2.24) is 0 Å². The highest BCUT2D eigenvalue weighted by atomic mass is 79.9. The van der Waals surface area contributed by atoms with Crippen LogP contribution in [0.3, 0.4) is 0 Å². The Labute approximate surface area is 211 Å². The van der Waals surface area contributed by atoms with Gasteiger partial charge in [-0.25, -0.2) is 4.99 Å². The summed E-state index contributed by atoms with van der Waals surface area (Å²) < 4.78 is 22.4. The summed E-state index contributed by atoms with van der Waals surface area (Å²) in [6.45, 7) is 0. The second-order valence-electron chi connectivity index (χ2n) is 7.36. The smallest absolute Gasteiger partial charge is 0.238 e. The van der Waals surface area contributed by atoms with Gasteiger partial charge >= 0.3 is 0 Å². The third-order valence-electron chi connectivity index (χ3n) is 5.36. The topological polar surface area (TPSA) is 97.2 Å². The molecule has 3 aromatic carbocycles. The molecule has 1 aromatic heterocycles. The third kappa shape index (κ3) is 4.86. The number of aliphatic imine (C=N–C) groups is 1. The van der Waals surface area contributed by atoms with Crippen LogP contribution in [0.25, 0.3) is 22.5 Å². The van der Waals surface area contributed by atoms with E-state index in [2.05, 4.69) is 27.0 Å². The number of hydrogen-bond acceptors (Lipinski definition) is 7. The molecule has 4 aromatic rings. The molecule has 0 aliphatic rings. The van der Waals surface area contributed by atoms with Crippen molar-refractivity contribution in [2.75, 3.05) is 21.3 Å². The molecule has 0 amide bonds. The number of phenolic OH excluding ortho intramolecular Hbond substituents is 1. The number of ether oxygens (including phenoxy) is 3. The number of halogens is 1. The van der Waals surface area contributed by atoms with Gasteiger partial charge in [-0.15, -0.1) is 0 Å². The van der Waals surface area contributed by atoms with Crippen LogP contribution in [0.5, 0.6) is 23.0 Å². The van der Waals surface area contributed by atoms with Crippen LogP contribution in [-0.4, -0.2) is 32.7 Å². The number of methoxy groups -OCH3 is 3. The Balaban J connectivity index is 1.88. The van der Waals surface area contributed by atoms with E-state index in [1.165, 1.54) is 13.3 Å². The summed E-state index contributed by atoms with van der Waals surface area (Å²) in [4.78, 5) is 4.42. The van der Waals surface area contributed by atoms with E-state index in [-0.39, 0.29) is 17.2 Å². The van der Waals surface area contributed by atoms with Crippen molar-refractivity contribution in [2.24, 2.45) is 4.99 Å². The minimum absolute atomic E-state index is 0.00892. The molecule has 0 radical (unpaired) electrons. The first-order valence-electron chi connectivity index (χ1n) is 10.4. The van der Waals surface area contributed by atoms with Gasteiger partial charge in [0.05, 0.1) is 25.8 Å². The van der Waals surface area contributed by atoms with Crippen molar-refractivity contribution < 1.29 is 23.7 Å². The van der Waals surface area contributed by atoms with Crippen molar-refractivity contribution in [3.8, 4) is 51.5 Å². The highest BCUT2D eigenvalue weighted by molar-refractivity contribution is 9.10. The van der Waals surface area contributed by atoms with Crippen LogP contribution in [0.2, 0.25) is 0 Å². The normalized spacial score (nSPS) is 10.8. The Hall–Kier alpha value is -4.22. The molecule has 1 heterocycles. The van der Waals surface area contributed by atoms with E-state index in [4.69, 9.17) is 18.6 Å². The highest BCUT2D eigenvalue weighted by Gasteiger charge is 2.23. The van der Waals surface area contributed by atoms with Gasteiger partial charge in [0, 0.05) is 22.9 Å². The van der Waals surface area contributed by atoms with Crippen LogP contribution < -0.4 is 14.2 Å². The highest BCUT2D eigenvalue weighted by Crippen LogP contribution is 2.43. The molecule has 0 fully saturated rings. The summed E-state index contributed by atoms with van der Waals surface area (Å²) >= 11 is 3.30. The molecule has 0 atom stereocenters. The van der Waals surface area contributed by atoms with Crippen LogP contribution >= 0.6 is 15.9 Å². The van der Waals surface area contributed by atoms with Crippen LogP contribution in [0.4, 0.5) is 5.88 Å². The van der Waals surface area contributed by atoms with E-state index >= 15 is 0 Å². The monoisotopic (exact) mass is 532 g/mol. The van der Waals surface area contributed by atoms with Crippen molar-refractivity contribution in [3.63, 3.8) is 0 Å². The van der Waals surface area contributed by atoms with E-state index in [9.17, 15) is 10.4 Å². The van der Waals surface area contributed by atoms with Gasteiger partial charge in [-0.2, -0.15) is 5.26 Å². The van der Waals surface area contributed by atoms with Gasteiger partial charge in [0.1, 0.15) is 40.4 Å². The molecule has 0 saturated heterocycles. The lowest BCUT2D eigenvalue weighted by atomic mass is 9.98. The molecule has 7 nitrogen and oxygen atoms in total. The lowest BCUT2D eigenvalue weighted by Crippen LogP contribution is -1.89. The molecule has 8 heteroatoms.